The Morgan fingerprint density at radius 2 is 1.76 bits per heavy atom. The van der Waals surface area contributed by atoms with E-state index >= 15 is 0 Å². The third kappa shape index (κ3) is 3.12. The molecule has 2 rings (SSSR count). The van der Waals surface area contributed by atoms with Gasteiger partial charge in [0.25, 0.3) is 5.56 Å². The number of nitrogen functional groups attached to an aromatic ring is 1. The van der Waals surface area contributed by atoms with Gasteiger partial charge in [-0.2, -0.15) is 13.2 Å². The standard InChI is InChI=1S/C12H12F3N3O.C2H6/c1-7-10(16)11(19)18(17(7)2)9-5-3-4-8(6-9)12(13,14)15;1-2/h3-6H,16H2,1-2H3;1-2H3. The largest absolute Gasteiger partial charge is 0.416 e. The van der Waals surface area contributed by atoms with Gasteiger partial charge in [0.1, 0.15) is 5.69 Å². The van der Waals surface area contributed by atoms with Crippen LogP contribution in [0.15, 0.2) is 29.1 Å². The molecule has 0 atom stereocenters. The van der Waals surface area contributed by atoms with E-state index in [4.69, 9.17) is 5.73 Å². The number of nitrogens with two attached hydrogens (primary N) is 1. The van der Waals surface area contributed by atoms with Crippen molar-refractivity contribution >= 4 is 5.69 Å². The fourth-order valence-electron chi connectivity index (χ4n) is 1.83. The van der Waals surface area contributed by atoms with Gasteiger partial charge in [0.05, 0.1) is 16.9 Å². The molecule has 0 radical (unpaired) electrons. The van der Waals surface area contributed by atoms with E-state index in [-0.39, 0.29) is 11.4 Å². The summed E-state index contributed by atoms with van der Waals surface area (Å²) in [6.45, 7) is 5.63. The van der Waals surface area contributed by atoms with E-state index in [1.165, 1.54) is 16.8 Å². The molecule has 0 saturated heterocycles. The molecule has 21 heavy (non-hydrogen) atoms. The molecule has 0 amide bonds. The van der Waals surface area contributed by atoms with Crippen LogP contribution in [0.5, 0.6) is 0 Å². The lowest BCUT2D eigenvalue weighted by atomic mass is 10.2. The lowest BCUT2D eigenvalue weighted by Crippen LogP contribution is -2.21. The highest BCUT2D eigenvalue weighted by atomic mass is 19.4. The Morgan fingerprint density at radius 3 is 2.19 bits per heavy atom. The lowest BCUT2D eigenvalue weighted by Gasteiger charge is -2.11. The first-order valence-corrected chi connectivity index (χ1v) is 6.45. The highest BCUT2D eigenvalue weighted by Gasteiger charge is 2.30. The molecular weight excluding hydrogens is 283 g/mol. The minimum atomic E-state index is -4.45. The highest BCUT2D eigenvalue weighted by Crippen LogP contribution is 2.30. The summed E-state index contributed by atoms with van der Waals surface area (Å²) in [4.78, 5) is 11.9. The van der Waals surface area contributed by atoms with Crippen molar-refractivity contribution in [3.63, 3.8) is 0 Å². The van der Waals surface area contributed by atoms with Crippen LogP contribution in [-0.4, -0.2) is 9.36 Å². The molecule has 1 aromatic heterocycles. The molecule has 0 bridgehead atoms. The molecule has 2 aromatic rings. The van der Waals surface area contributed by atoms with E-state index in [0.717, 1.165) is 16.8 Å². The van der Waals surface area contributed by atoms with Crippen molar-refractivity contribution in [1.82, 2.24) is 9.36 Å². The number of anilines is 1. The topological polar surface area (TPSA) is 53.0 Å². The van der Waals surface area contributed by atoms with E-state index < -0.39 is 17.3 Å². The molecule has 0 fully saturated rings. The zero-order chi connectivity index (χ0) is 16.4. The van der Waals surface area contributed by atoms with Gasteiger partial charge in [-0.3, -0.25) is 9.48 Å². The number of rotatable bonds is 1. The predicted octanol–water partition coefficient (Wildman–Crippen LogP) is 3.11. The molecule has 0 unspecified atom stereocenters. The normalized spacial score (nSPS) is 11.0. The van der Waals surface area contributed by atoms with Crippen LogP contribution in [-0.2, 0) is 13.2 Å². The first-order valence-electron chi connectivity index (χ1n) is 6.45. The quantitative estimate of drug-likeness (QED) is 0.880. The lowest BCUT2D eigenvalue weighted by molar-refractivity contribution is -0.137. The second-order valence-corrected chi connectivity index (χ2v) is 4.19. The summed E-state index contributed by atoms with van der Waals surface area (Å²) in [5.41, 5.74) is 4.91. The van der Waals surface area contributed by atoms with Crippen LogP contribution in [0.4, 0.5) is 18.9 Å². The zero-order valence-electron chi connectivity index (χ0n) is 12.3. The molecule has 4 nitrogen and oxygen atoms in total. The van der Waals surface area contributed by atoms with E-state index in [1.807, 2.05) is 13.8 Å². The number of halogens is 3. The SMILES string of the molecule is CC.Cc1c(N)c(=O)n(-c2cccc(C(F)(F)F)c2)n1C. The van der Waals surface area contributed by atoms with E-state index in [0.29, 0.717) is 5.69 Å². The summed E-state index contributed by atoms with van der Waals surface area (Å²) in [5.74, 6) is 0. The van der Waals surface area contributed by atoms with Gasteiger partial charge in [0.15, 0.2) is 0 Å². The van der Waals surface area contributed by atoms with Crippen molar-refractivity contribution in [3.8, 4) is 5.69 Å². The van der Waals surface area contributed by atoms with Gasteiger partial charge < -0.3 is 5.73 Å². The van der Waals surface area contributed by atoms with Crippen LogP contribution in [0.1, 0.15) is 25.1 Å². The molecule has 7 heteroatoms. The maximum Gasteiger partial charge on any atom is 0.416 e. The fourth-order valence-corrected chi connectivity index (χ4v) is 1.83. The van der Waals surface area contributed by atoms with E-state index in [9.17, 15) is 18.0 Å². The third-order valence-electron chi connectivity index (χ3n) is 3.02. The molecule has 2 N–H and O–H groups in total. The molecular formula is C14H18F3N3O. The molecule has 116 valence electrons. The number of hydrogen-bond donors (Lipinski definition) is 1. The number of nitrogens with zero attached hydrogens (tertiary/aromatic N) is 2. The Kier molecular flexibility index (Phi) is 4.88. The van der Waals surface area contributed by atoms with E-state index in [1.54, 1.807) is 14.0 Å². The van der Waals surface area contributed by atoms with Gasteiger partial charge in [-0.05, 0) is 25.1 Å². The monoisotopic (exact) mass is 301 g/mol. The minimum Gasteiger partial charge on any atom is -0.393 e. The summed E-state index contributed by atoms with van der Waals surface area (Å²) in [6, 6.07) is 4.55. The smallest absolute Gasteiger partial charge is 0.393 e. The highest BCUT2D eigenvalue weighted by molar-refractivity contribution is 5.45. The summed E-state index contributed by atoms with van der Waals surface area (Å²) in [7, 11) is 1.56. The summed E-state index contributed by atoms with van der Waals surface area (Å²) in [6.07, 6.45) is -4.45. The van der Waals surface area contributed by atoms with Gasteiger partial charge in [0, 0.05) is 7.05 Å². The van der Waals surface area contributed by atoms with Crippen LogP contribution in [0.2, 0.25) is 0 Å². The molecule has 0 aliphatic heterocycles. The van der Waals surface area contributed by atoms with Crippen LogP contribution < -0.4 is 11.3 Å². The average molecular weight is 301 g/mol. The second kappa shape index (κ2) is 6.07. The van der Waals surface area contributed by atoms with Crippen molar-refractivity contribution in [3.05, 3.63) is 45.9 Å². The number of hydrogen-bond acceptors (Lipinski definition) is 2. The number of aromatic nitrogens is 2. The van der Waals surface area contributed by atoms with Crippen LogP contribution in [0.3, 0.4) is 0 Å². The molecule has 0 aliphatic carbocycles. The van der Waals surface area contributed by atoms with Crippen LogP contribution in [0.25, 0.3) is 5.69 Å². The molecule has 0 saturated carbocycles. The van der Waals surface area contributed by atoms with Gasteiger partial charge in [0.2, 0.25) is 0 Å². The summed E-state index contributed by atoms with van der Waals surface area (Å²) < 4.78 is 40.5. The molecule has 0 aliphatic rings. The fraction of sp³-hybridized carbons (Fsp3) is 0.357. The van der Waals surface area contributed by atoms with Crippen molar-refractivity contribution in [2.75, 3.05) is 5.73 Å². The van der Waals surface area contributed by atoms with Crippen molar-refractivity contribution in [1.29, 1.82) is 0 Å². The Balaban J connectivity index is 0.00000106. The maximum absolute atomic E-state index is 12.7. The number of benzene rings is 1. The second-order valence-electron chi connectivity index (χ2n) is 4.19. The van der Waals surface area contributed by atoms with Gasteiger partial charge >= 0.3 is 6.18 Å². The Hall–Kier alpha value is -2.18. The van der Waals surface area contributed by atoms with Crippen molar-refractivity contribution in [2.45, 2.75) is 26.9 Å². The first kappa shape index (κ1) is 16.9. The maximum atomic E-state index is 12.7. The van der Waals surface area contributed by atoms with Gasteiger partial charge in [-0.25, -0.2) is 4.68 Å². The van der Waals surface area contributed by atoms with E-state index in [2.05, 4.69) is 0 Å². The molecule has 1 aromatic carbocycles. The minimum absolute atomic E-state index is 0.0277. The van der Waals surface area contributed by atoms with Crippen LogP contribution in [0, 0.1) is 6.92 Å². The predicted molar refractivity (Wildman–Crippen MR) is 76.5 cm³/mol. The van der Waals surface area contributed by atoms with Crippen LogP contribution >= 0.6 is 0 Å². The number of alkyl halides is 3. The van der Waals surface area contributed by atoms with Crippen molar-refractivity contribution < 1.29 is 13.2 Å². The third-order valence-corrected chi connectivity index (χ3v) is 3.02. The Bertz CT molecular complexity index is 684. The Labute approximate surface area is 120 Å². The first-order chi connectivity index (χ1) is 9.73. The summed E-state index contributed by atoms with van der Waals surface area (Å²) >= 11 is 0. The average Bonchev–Trinajstić information content (AvgIpc) is 2.64. The van der Waals surface area contributed by atoms with Gasteiger partial charge in [-0.1, -0.05) is 19.9 Å². The molecule has 0 spiro atoms. The van der Waals surface area contributed by atoms with Gasteiger partial charge in [-0.15, -0.1) is 0 Å². The van der Waals surface area contributed by atoms with Crippen molar-refractivity contribution in [2.24, 2.45) is 7.05 Å². The zero-order valence-corrected chi connectivity index (χ0v) is 12.3. The Morgan fingerprint density at radius 1 is 1.19 bits per heavy atom. The summed E-state index contributed by atoms with van der Waals surface area (Å²) in [5, 5.41) is 0. The molecule has 1 heterocycles.